The van der Waals surface area contributed by atoms with Crippen LogP contribution in [0.25, 0.3) is 10.2 Å². The number of fused-ring (bicyclic) bond motifs is 2. The second-order valence-corrected chi connectivity index (χ2v) is 11.0. The molecule has 14 heteroatoms. The maximum atomic E-state index is 13.3. The topological polar surface area (TPSA) is 101 Å². The number of alkyl halides is 3. The lowest BCUT2D eigenvalue weighted by Crippen LogP contribution is -2.38. The van der Waals surface area contributed by atoms with Crippen molar-refractivity contribution in [1.82, 2.24) is 30.0 Å². The van der Waals surface area contributed by atoms with E-state index < -0.39 is 23.7 Å². The SMILES string of the molecule is CCCc1cc2c(N3CCn4c(nnc4C(F)(F)F)C3)nc(N(C)CCNC(=O)OC(C)(C)C)nc2s1. The molecule has 0 radical (unpaired) electrons. The van der Waals surface area contributed by atoms with Crippen LogP contribution in [0.3, 0.4) is 0 Å². The summed E-state index contributed by atoms with van der Waals surface area (Å²) in [4.78, 5) is 27.2. The summed E-state index contributed by atoms with van der Waals surface area (Å²) in [7, 11) is 1.82. The van der Waals surface area contributed by atoms with E-state index in [9.17, 15) is 18.0 Å². The number of alkyl carbamates (subject to hydrolysis) is 1. The Labute approximate surface area is 216 Å². The molecule has 202 valence electrons. The van der Waals surface area contributed by atoms with Gasteiger partial charge in [0.25, 0.3) is 0 Å². The molecule has 3 aromatic rings. The third kappa shape index (κ3) is 6.22. The zero-order chi connectivity index (χ0) is 27.0. The summed E-state index contributed by atoms with van der Waals surface area (Å²) in [6.45, 7) is 8.81. The zero-order valence-electron chi connectivity index (χ0n) is 21.5. The van der Waals surface area contributed by atoms with Gasteiger partial charge in [-0.2, -0.15) is 18.2 Å². The number of ether oxygens (including phenoxy) is 1. The summed E-state index contributed by atoms with van der Waals surface area (Å²) in [5.41, 5.74) is -0.589. The van der Waals surface area contributed by atoms with Gasteiger partial charge in [0.05, 0.1) is 11.9 Å². The highest BCUT2D eigenvalue weighted by atomic mass is 32.1. The summed E-state index contributed by atoms with van der Waals surface area (Å²) in [6, 6.07) is 2.06. The third-order valence-electron chi connectivity index (χ3n) is 5.67. The minimum atomic E-state index is -4.55. The van der Waals surface area contributed by atoms with Crippen molar-refractivity contribution in [1.29, 1.82) is 0 Å². The molecule has 1 aliphatic heterocycles. The minimum Gasteiger partial charge on any atom is -0.444 e. The molecule has 0 bridgehead atoms. The van der Waals surface area contributed by atoms with Crippen molar-refractivity contribution >= 4 is 39.4 Å². The van der Waals surface area contributed by atoms with Gasteiger partial charge in [-0.25, -0.2) is 9.78 Å². The zero-order valence-corrected chi connectivity index (χ0v) is 22.3. The number of hydrogen-bond acceptors (Lipinski definition) is 9. The monoisotopic (exact) mass is 540 g/mol. The Morgan fingerprint density at radius 3 is 2.65 bits per heavy atom. The van der Waals surface area contributed by atoms with Crippen LogP contribution in [-0.2, 0) is 30.4 Å². The molecule has 4 rings (SSSR count). The number of nitrogens with zero attached hydrogens (tertiary/aromatic N) is 7. The van der Waals surface area contributed by atoms with Crippen LogP contribution in [0.4, 0.5) is 29.7 Å². The van der Waals surface area contributed by atoms with E-state index in [0.29, 0.717) is 31.4 Å². The van der Waals surface area contributed by atoms with Crippen LogP contribution in [0, 0.1) is 0 Å². The van der Waals surface area contributed by atoms with Crippen LogP contribution in [0.2, 0.25) is 0 Å². The van der Waals surface area contributed by atoms with Gasteiger partial charge in [0.2, 0.25) is 11.8 Å². The second kappa shape index (κ2) is 10.3. The summed E-state index contributed by atoms with van der Waals surface area (Å²) >= 11 is 1.58. The van der Waals surface area contributed by atoms with E-state index >= 15 is 0 Å². The number of aryl methyl sites for hydroxylation is 1. The van der Waals surface area contributed by atoms with Gasteiger partial charge in [0, 0.05) is 38.1 Å². The van der Waals surface area contributed by atoms with E-state index in [1.54, 1.807) is 32.1 Å². The highest BCUT2D eigenvalue weighted by molar-refractivity contribution is 7.18. The molecule has 0 fully saturated rings. The van der Waals surface area contributed by atoms with Gasteiger partial charge >= 0.3 is 12.3 Å². The molecular weight excluding hydrogens is 509 g/mol. The molecule has 0 saturated heterocycles. The number of halogens is 3. The molecule has 0 atom stereocenters. The summed E-state index contributed by atoms with van der Waals surface area (Å²) in [5.74, 6) is 0.370. The van der Waals surface area contributed by atoms with Crippen LogP contribution >= 0.6 is 11.3 Å². The van der Waals surface area contributed by atoms with Crippen molar-refractivity contribution in [2.45, 2.75) is 65.4 Å². The highest BCUT2D eigenvalue weighted by Gasteiger charge is 2.39. The fourth-order valence-corrected chi connectivity index (χ4v) is 5.13. The van der Waals surface area contributed by atoms with Gasteiger partial charge in [0.1, 0.15) is 16.2 Å². The number of likely N-dealkylation sites (N-methyl/N-ethyl adjacent to an activating group) is 1. The van der Waals surface area contributed by atoms with Gasteiger partial charge in [0.15, 0.2) is 5.82 Å². The van der Waals surface area contributed by atoms with Crippen LogP contribution in [0.5, 0.6) is 0 Å². The predicted molar refractivity (Wildman–Crippen MR) is 135 cm³/mol. The van der Waals surface area contributed by atoms with Gasteiger partial charge in [-0.1, -0.05) is 13.3 Å². The Kier molecular flexibility index (Phi) is 7.49. The van der Waals surface area contributed by atoms with Crippen molar-refractivity contribution in [2.75, 3.05) is 36.5 Å². The Morgan fingerprint density at radius 1 is 1.22 bits per heavy atom. The van der Waals surface area contributed by atoms with Gasteiger partial charge < -0.3 is 24.4 Å². The maximum Gasteiger partial charge on any atom is 0.451 e. The van der Waals surface area contributed by atoms with Gasteiger partial charge in [-0.3, -0.25) is 0 Å². The maximum absolute atomic E-state index is 13.3. The number of carbonyl (C=O) groups is 1. The number of thiophene rings is 1. The molecule has 1 aliphatic rings. The summed E-state index contributed by atoms with van der Waals surface area (Å²) in [5, 5.41) is 10.8. The molecule has 0 unspecified atom stereocenters. The van der Waals surface area contributed by atoms with Crippen molar-refractivity contribution < 1.29 is 22.7 Å². The Balaban J connectivity index is 1.58. The number of amides is 1. The molecule has 37 heavy (non-hydrogen) atoms. The fourth-order valence-electron chi connectivity index (χ4n) is 4.01. The van der Waals surface area contributed by atoms with Crippen molar-refractivity contribution in [3.05, 3.63) is 22.6 Å². The van der Waals surface area contributed by atoms with Crippen LogP contribution < -0.4 is 15.1 Å². The quantitative estimate of drug-likeness (QED) is 0.475. The Bertz CT molecular complexity index is 1270. The third-order valence-corrected chi connectivity index (χ3v) is 6.76. The van der Waals surface area contributed by atoms with E-state index in [1.165, 1.54) is 4.88 Å². The number of rotatable bonds is 7. The average molecular weight is 541 g/mol. The number of nitrogens with one attached hydrogen (secondary N) is 1. The molecule has 4 heterocycles. The van der Waals surface area contributed by atoms with E-state index in [1.807, 2.05) is 16.8 Å². The van der Waals surface area contributed by atoms with Gasteiger partial charge in [-0.05, 0) is 33.3 Å². The van der Waals surface area contributed by atoms with Crippen LogP contribution in [-0.4, -0.2) is 63.1 Å². The second-order valence-electron chi connectivity index (χ2n) is 9.89. The first-order valence-electron chi connectivity index (χ1n) is 12.1. The van der Waals surface area contributed by atoms with E-state index in [2.05, 4.69) is 28.5 Å². The standard InChI is InChI=1S/C23H31F3N8O2S/c1-6-7-14-12-15-17(33-10-11-34-16(13-33)30-31-19(34)23(24,25)26)28-20(29-18(15)37-14)32(5)9-8-27-21(35)36-22(2,3)4/h12H,6-11,13H2,1-5H3,(H,27,35). The molecule has 0 saturated carbocycles. The molecule has 0 spiro atoms. The first-order chi connectivity index (χ1) is 17.4. The van der Waals surface area contributed by atoms with Crippen LogP contribution in [0.1, 0.15) is 50.6 Å². The molecular formula is C23H31F3N8O2S. The van der Waals surface area contributed by atoms with Crippen molar-refractivity contribution in [2.24, 2.45) is 0 Å². The van der Waals surface area contributed by atoms with Crippen molar-refractivity contribution in [3.63, 3.8) is 0 Å². The van der Waals surface area contributed by atoms with Gasteiger partial charge in [-0.15, -0.1) is 21.5 Å². The van der Waals surface area contributed by atoms with Crippen LogP contribution in [0.15, 0.2) is 6.07 Å². The largest absolute Gasteiger partial charge is 0.451 e. The Morgan fingerprint density at radius 2 is 1.97 bits per heavy atom. The normalized spacial score (nSPS) is 14.1. The molecule has 3 aromatic heterocycles. The van der Waals surface area contributed by atoms with E-state index in [-0.39, 0.29) is 18.9 Å². The lowest BCUT2D eigenvalue weighted by molar-refractivity contribution is -0.147. The molecule has 0 aromatic carbocycles. The molecule has 10 nitrogen and oxygen atoms in total. The summed E-state index contributed by atoms with van der Waals surface area (Å²) < 4.78 is 46.3. The average Bonchev–Trinajstić information content (AvgIpc) is 3.40. The van der Waals surface area contributed by atoms with Crippen molar-refractivity contribution in [3.8, 4) is 0 Å². The number of aromatic nitrogens is 5. The first-order valence-corrected chi connectivity index (χ1v) is 12.9. The minimum absolute atomic E-state index is 0.0968. The molecule has 1 amide bonds. The number of hydrogen-bond donors (Lipinski definition) is 1. The smallest absolute Gasteiger partial charge is 0.444 e. The summed E-state index contributed by atoms with van der Waals surface area (Å²) in [6.07, 6.45) is -3.18. The first kappa shape index (κ1) is 26.9. The molecule has 1 N–H and O–H groups in total. The predicted octanol–water partition coefficient (Wildman–Crippen LogP) is 4.24. The Hall–Kier alpha value is -3.16. The number of anilines is 2. The lowest BCUT2D eigenvalue weighted by Gasteiger charge is -2.30. The molecule has 0 aliphatic carbocycles. The van der Waals surface area contributed by atoms with E-state index in [4.69, 9.17) is 14.7 Å². The van der Waals surface area contributed by atoms with E-state index in [0.717, 1.165) is 27.6 Å². The highest BCUT2D eigenvalue weighted by Crippen LogP contribution is 2.36. The fraction of sp³-hybridized carbons (Fsp3) is 0.609. The lowest BCUT2D eigenvalue weighted by atomic mass is 10.2. The number of carbonyl (C=O) groups excluding carboxylic acids is 1.